The number of halogens is 1. The van der Waals surface area contributed by atoms with Crippen LogP contribution in [-0.4, -0.2) is 61.0 Å². The summed E-state index contributed by atoms with van der Waals surface area (Å²) in [5, 5.41) is 0. The number of piperazine rings is 1. The molecule has 4 rings (SSSR count). The monoisotopic (exact) mass is 434 g/mol. The third-order valence-electron chi connectivity index (χ3n) is 6.49. The average molecular weight is 435 g/mol. The van der Waals surface area contributed by atoms with Gasteiger partial charge in [-0.25, -0.2) is 0 Å². The predicted octanol–water partition coefficient (Wildman–Crippen LogP) is 2.97. The molecule has 3 aliphatic rings. The Morgan fingerprint density at radius 3 is 2.11 bits per heavy atom. The Bertz CT molecular complexity index is 688. The van der Waals surface area contributed by atoms with E-state index in [0.29, 0.717) is 58.1 Å². The van der Waals surface area contributed by atoms with Gasteiger partial charge in [0.05, 0.1) is 5.41 Å². The van der Waals surface area contributed by atoms with Crippen molar-refractivity contribution in [2.75, 3.05) is 39.4 Å². The Hall–Kier alpha value is -1.40. The van der Waals surface area contributed by atoms with Crippen molar-refractivity contribution in [3.8, 4) is 0 Å². The first kappa shape index (κ1) is 18.9. The van der Waals surface area contributed by atoms with Crippen LogP contribution in [0.2, 0.25) is 0 Å². The van der Waals surface area contributed by atoms with E-state index in [9.17, 15) is 9.59 Å². The third-order valence-corrected chi connectivity index (χ3v) is 7.01. The molecule has 0 spiro atoms. The maximum atomic E-state index is 13.6. The quantitative estimate of drug-likeness (QED) is 0.734. The van der Waals surface area contributed by atoms with Crippen molar-refractivity contribution in [2.45, 2.75) is 37.5 Å². The van der Waals surface area contributed by atoms with E-state index in [-0.39, 0.29) is 11.8 Å². The number of rotatable bonds is 3. The molecule has 6 heteroatoms. The first-order valence-corrected chi connectivity index (χ1v) is 10.8. The standard InChI is InChI=1S/C21H27BrN2O3/c22-18-6-4-17(5-7-18)21(8-14-27-15-9-21)20(26)24-12-10-23(11-13-24)19(25)16-2-1-3-16/h4-7,16H,1-3,8-15H2. The van der Waals surface area contributed by atoms with Crippen LogP contribution in [0.15, 0.2) is 28.7 Å². The number of nitrogens with zero attached hydrogens (tertiary/aromatic N) is 2. The predicted molar refractivity (Wildman–Crippen MR) is 106 cm³/mol. The summed E-state index contributed by atoms with van der Waals surface area (Å²) in [6.45, 7) is 3.82. The zero-order chi connectivity index (χ0) is 18.9. The van der Waals surface area contributed by atoms with Crippen LogP contribution in [0, 0.1) is 5.92 Å². The SMILES string of the molecule is O=C(C1CCC1)N1CCN(C(=O)C2(c3ccc(Br)cc3)CCOCC2)CC1. The Kier molecular flexibility index (Phi) is 5.55. The van der Waals surface area contributed by atoms with Crippen LogP contribution in [0.3, 0.4) is 0 Å². The van der Waals surface area contributed by atoms with Gasteiger partial charge in [0.25, 0.3) is 0 Å². The van der Waals surface area contributed by atoms with Crippen LogP contribution in [0.1, 0.15) is 37.7 Å². The average Bonchev–Trinajstić information content (AvgIpc) is 2.67. The van der Waals surface area contributed by atoms with E-state index in [1.807, 2.05) is 21.9 Å². The van der Waals surface area contributed by atoms with Crippen molar-refractivity contribution in [3.05, 3.63) is 34.3 Å². The lowest BCUT2D eigenvalue weighted by molar-refractivity contribution is -0.148. The molecule has 27 heavy (non-hydrogen) atoms. The van der Waals surface area contributed by atoms with Crippen LogP contribution >= 0.6 is 15.9 Å². The van der Waals surface area contributed by atoms with Crippen LogP contribution in [0.4, 0.5) is 0 Å². The molecule has 0 unspecified atom stereocenters. The zero-order valence-electron chi connectivity index (χ0n) is 15.7. The highest BCUT2D eigenvalue weighted by atomic mass is 79.9. The molecule has 5 nitrogen and oxygen atoms in total. The van der Waals surface area contributed by atoms with E-state index in [2.05, 4.69) is 28.1 Å². The molecule has 0 radical (unpaired) electrons. The first-order chi connectivity index (χ1) is 13.1. The maximum Gasteiger partial charge on any atom is 0.233 e. The molecule has 1 aromatic carbocycles. The van der Waals surface area contributed by atoms with Crippen LogP contribution in [0.5, 0.6) is 0 Å². The molecule has 2 saturated heterocycles. The van der Waals surface area contributed by atoms with Gasteiger partial charge in [0.1, 0.15) is 0 Å². The van der Waals surface area contributed by atoms with Gasteiger partial charge >= 0.3 is 0 Å². The van der Waals surface area contributed by atoms with Crippen molar-refractivity contribution >= 4 is 27.7 Å². The lowest BCUT2D eigenvalue weighted by Gasteiger charge is -2.44. The Morgan fingerprint density at radius 2 is 1.56 bits per heavy atom. The molecular formula is C21H27BrN2O3. The smallest absolute Gasteiger partial charge is 0.233 e. The normalized spacial score (nSPS) is 23.0. The molecular weight excluding hydrogens is 408 g/mol. The van der Waals surface area contributed by atoms with Crippen molar-refractivity contribution in [3.63, 3.8) is 0 Å². The largest absolute Gasteiger partial charge is 0.381 e. The molecule has 0 aromatic heterocycles. The number of hydrogen-bond acceptors (Lipinski definition) is 3. The molecule has 2 amide bonds. The minimum Gasteiger partial charge on any atom is -0.381 e. The molecule has 2 aliphatic heterocycles. The molecule has 2 heterocycles. The fourth-order valence-corrected chi connectivity index (χ4v) is 4.73. The first-order valence-electron chi connectivity index (χ1n) is 10.0. The van der Waals surface area contributed by atoms with Crippen molar-refractivity contribution < 1.29 is 14.3 Å². The summed E-state index contributed by atoms with van der Waals surface area (Å²) in [7, 11) is 0. The molecule has 1 saturated carbocycles. The lowest BCUT2D eigenvalue weighted by atomic mass is 9.73. The fraction of sp³-hybridized carbons (Fsp3) is 0.619. The zero-order valence-corrected chi connectivity index (χ0v) is 17.2. The summed E-state index contributed by atoms with van der Waals surface area (Å²) in [6, 6.07) is 8.14. The van der Waals surface area contributed by atoms with Crippen molar-refractivity contribution in [1.82, 2.24) is 9.80 Å². The van der Waals surface area contributed by atoms with Crippen LogP contribution in [0.25, 0.3) is 0 Å². The van der Waals surface area contributed by atoms with Crippen LogP contribution < -0.4 is 0 Å². The van der Waals surface area contributed by atoms with Gasteiger partial charge in [-0.3, -0.25) is 9.59 Å². The van der Waals surface area contributed by atoms with E-state index >= 15 is 0 Å². The van der Waals surface area contributed by atoms with E-state index in [0.717, 1.165) is 22.9 Å². The summed E-state index contributed by atoms with van der Waals surface area (Å²) in [4.78, 5) is 30.0. The molecule has 1 aromatic rings. The summed E-state index contributed by atoms with van der Waals surface area (Å²) < 4.78 is 6.59. The topological polar surface area (TPSA) is 49.9 Å². The summed E-state index contributed by atoms with van der Waals surface area (Å²) in [6.07, 6.45) is 4.67. The highest BCUT2D eigenvalue weighted by molar-refractivity contribution is 9.10. The van der Waals surface area contributed by atoms with Gasteiger partial charge in [-0.1, -0.05) is 34.5 Å². The highest BCUT2D eigenvalue weighted by Gasteiger charge is 2.45. The lowest BCUT2D eigenvalue weighted by Crippen LogP contribution is -2.57. The second-order valence-corrected chi connectivity index (χ2v) is 8.86. The second kappa shape index (κ2) is 7.92. The molecule has 0 N–H and O–H groups in total. The van der Waals surface area contributed by atoms with Crippen LogP contribution in [-0.2, 0) is 19.7 Å². The van der Waals surface area contributed by atoms with Gasteiger partial charge in [0.2, 0.25) is 11.8 Å². The van der Waals surface area contributed by atoms with E-state index < -0.39 is 5.41 Å². The number of carbonyl (C=O) groups excluding carboxylic acids is 2. The second-order valence-electron chi connectivity index (χ2n) is 7.95. The highest BCUT2D eigenvalue weighted by Crippen LogP contribution is 2.38. The van der Waals surface area contributed by atoms with Gasteiger partial charge in [0, 0.05) is 49.8 Å². The van der Waals surface area contributed by atoms with Gasteiger partial charge < -0.3 is 14.5 Å². The molecule has 1 aliphatic carbocycles. The van der Waals surface area contributed by atoms with E-state index in [4.69, 9.17) is 4.74 Å². The fourth-order valence-electron chi connectivity index (χ4n) is 4.46. The maximum absolute atomic E-state index is 13.6. The number of hydrogen-bond donors (Lipinski definition) is 0. The van der Waals surface area contributed by atoms with Gasteiger partial charge in [0.15, 0.2) is 0 Å². The Morgan fingerprint density at radius 1 is 0.963 bits per heavy atom. The molecule has 0 bridgehead atoms. The molecule has 0 atom stereocenters. The van der Waals surface area contributed by atoms with Gasteiger partial charge in [-0.15, -0.1) is 0 Å². The number of ether oxygens (including phenoxy) is 1. The Labute approximate surface area is 169 Å². The van der Waals surface area contributed by atoms with Gasteiger partial charge in [-0.2, -0.15) is 0 Å². The number of carbonyl (C=O) groups is 2. The Balaban J connectivity index is 1.47. The summed E-state index contributed by atoms with van der Waals surface area (Å²) in [5.74, 6) is 0.725. The van der Waals surface area contributed by atoms with Crippen molar-refractivity contribution in [2.24, 2.45) is 5.92 Å². The molecule has 3 fully saturated rings. The third kappa shape index (κ3) is 3.66. The summed E-state index contributed by atoms with van der Waals surface area (Å²) >= 11 is 3.49. The number of benzene rings is 1. The minimum absolute atomic E-state index is 0.198. The minimum atomic E-state index is -0.501. The van der Waals surface area contributed by atoms with E-state index in [1.54, 1.807) is 0 Å². The van der Waals surface area contributed by atoms with Crippen molar-refractivity contribution in [1.29, 1.82) is 0 Å². The number of amides is 2. The van der Waals surface area contributed by atoms with Gasteiger partial charge in [-0.05, 0) is 43.4 Å². The molecule has 146 valence electrons. The summed E-state index contributed by atoms with van der Waals surface area (Å²) in [5.41, 5.74) is 0.575. The van der Waals surface area contributed by atoms with E-state index in [1.165, 1.54) is 6.42 Å².